The molecule has 0 heterocycles. The molecule has 0 saturated heterocycles. The van der Waals surface area contributed by atoms with Crippen molar-refractivity contribution in [1.29, 1.82) is 0 Å². The van der Waals surface area contributed by atoms with E-state index in [1.165, 1.54) is 0 Å². The van der Waals surface area contributed by atoms with E-state index >= 15 is 0 Å². The fourth-order valence-corrected chi connectivity index (χ4v) is 0.887. The van der Waals surface area contributed by atoms with E-state index < -0.39 is 0 Å². The van der Waals surface area contributed by atoms with Gasteiger partial charge in [0.05, 0.1) is 0 Å². The summed E-state index contributed by atoms with van der Waals surface area (Å²) in [6, 6.07) is 0.512. The summed E-state index contributed by atoms with van der Waals surface area (Å²) in [5.74, 6) is 0. The molecular formula is C9H19NO. The standard InChI is InChI=1S/C9H19NO/c1-3-4-7-10-9(2)6-5-8-11/h3-4,9-11H,5-8H2,1-2H3/b4-3+. The summed E-state index contributed by atoms with van der Waals surface area (Å²) in [7, 11) is 0. The van der Waals surface area contributed by atoms with Crippen molar-refractivity contribution in [2.45, 2.75) is 32.7 Å². The van der Waals surface area contributed by atoms with Gasteiger partial charge in [-0.15, -0.1) is 0 Å². The van der Waals surface area contributed by atoms with Gasteiger partial charge in [0, 0.05) is 19.2 Å². The van der Waals surface area contributed by atoms with Crippen LogP contribution in [-0.4, -0.2) is 24.3 Å². The SMILES string of the molecule is C/C=C/CNC(C)CCCO. The first-order chi connectivity index (χ1) is 5.31. The average molecular weight is 157 g/mol. The molecule has 2 N–H and O–H groups in total. The van der Waals surface area contributed by atoms with Crippen molar-refractivity contribution >= 4 is 0 Å². The topological polar surface area (TPSA) is 32.3 Å². The van der Waals surface area contributed by atoms with Crippen LogP contribution in [0.1, 0.15) is 26.7 Å². The predicted octanol–water partition coefficient (Wildman–Crippen LogP) is 1.31. The van der Waals surface area contributed by atoms with Crippen molar-refractivity contribution in [2.24, 2.45) is 0 Å². The highest BCUT2D eigenvalue weighted by molar-refractivity contribution is 4.80. The molecule has 0 aromatic carbocycles. The molecule has 0 fully saturated rings. The van der Waals surface area contributed by atoms with Crippen LogP contribution in [0, 0.1) is 0 Å². The van der Waals surface area contributed by atoms with Gasteiger partial charge in [0.2, 0.25) is 0 Å². The summed E-state index contributed by atoms with van der Waals surface area (Å²) in [6.07, 6.45) is 6.07. The quantitative estimate of drug-likeness (QED) is 0.570. The van der Waals surface area contributed by atoms with E-state index in [9.17, 15) is 0 Å². The number of allylic oxidation sites excluding steroid dienone is 1. The molecule has 66 valence electrons. The van der Waals surface area contributed by atoms with Gasteiger partial charge in [-0.25, -0.2) is 0 Å². The van der Waals surface area contributed by atoms with Gasteiger partial charge < -0.3 is 10.4 Å². The molecule has 2 heteroatoms. The first-order valence-electron chi connectivity index (χ1n) is 4.26. The zero-order valence-electron chi connectivity index (χ0n) is 7.51. The van der Waals surface area contributed by atoms with E-state index in [-0.39, 0.29) is 0 Å². The van der Waals surface area contributed by atoms with E-state index in [0.29, 0.717) is 12.6 Å². The summed E-state index contributed by atoms with van der Waals surface area (Å²) in [5, 5.41) is 11.9. The van der Waals surface area contributed by atoms with Crippen LogP contribution in [0.5, 0.6) is 0 Å². The zero-order valence-corrected chi connectivity index (χ0v) is 7.51. The van der Waals surface area contributed by atoms with Crippen LogP contribution in [-0.2, 0) is 0 Å². The highest BCUT2D eigenvalue weighted by Gasteiger charge is 1.97. The zero-order chi connectivity index (χ0) is 8.53. The number of aliphatic hydroxyl groups excluding tert-OH is 1. The summed E-state index contributed by atoms with van der Waals surface area (Å²) in [4.78, 5) is 0. The number of nitrogens with one attached hydrogen (secondary N) is 1. The number of hydrogen-bond acceptors (Lipinski definition) is 2. The third-order valence-electron chi connectivity index (χ3n) is 1.62. The van der Waals surface area contributed by atoms with E-state index in [2.05, 4.69) is 18.3 Å². The molecule has 0 amide bonds. The van der Waals surface area contributed by atoms with E-state index in [4.69, 9.17) is 5.11 Å². The van der Waals surface area contributed by atoms with Crippen LogP contribution in [0.2, 0.25) is 0 Å². The van der Waals surface area contributed by atoms with Crippen molar-refractivity contribution in [3.05, 3.63) is 12.2 Å². The van der Waals surface area contributed by atoms with Gasteiger partial charge >= 0.3 is 0 Å². The molecule has 0 aromatic rings. The molecule has 0 rings (SSSR count). The first kappa shape index (κ1) is 10.7. The lowest BCUT2D eigenvalue weighted by Gasteiger charge is -2.10. The Hall–Kier alpha value is -0.340. The lowest BCUT2D eigenvalue weighted by molar-refractivity contribution is 0.277. The van der Waals surface area contributed by atoms with Crippen molar-refractivity contribution in [3.63, 3.8) is 0 Å². The van der Waals surface area contributed by atoms with Gasteiger partial charge in [0.1, 0.15) is 0 Å². The van der Waals surface area contributed by atoms with Gasteiger partial charge in [-0.2, -0.15) is 0 Å². The van der Waals surface area contributed by atoms with Crippen LogP contribution in [0.15, 0.2) is 12.2 Å². The molecule has 0 aromatic heterocycles. The van der Waals surface area contributed by atoms with Gasteiger partial charge in [-0.3, -0.25) is 0 Å². The van der Waals surface area contributed by atoms with Gasteiger partial charge in [0.25, 0.3) is 0 Å². The van der Waals surface area contributed by atoms with Crippen LogP contribution in [0.25, 0.3) is 0 Å². The van der Waals surface area contributed by atoms with Crippen molar-refractivity contribution < 1.29 is 5.11 Å². The second-order valence-corrected chi connectivity index (χ2v) is 2.74. The van der Waals surface area contributed by atoms with Crippen LogP contribution in [0.4, 0.5) is 0 Å². The Labute approximate surface area is 69.3 Å². The van der Waals surface area contributed by atoms with Gasteiger partial charge in [-0.05, 0) is 26.7 Å². The molecule has 11 heavy (non-hydrogen) atoms. The van der Waals surface area contributed by atoms with Crippen LogP contribution >= 0.6 is 0 Å². The molecule has 0 spiro atoms. The molecule has 0 bridgehead atoms. The Balaban J connectivity index is 3.15. The van der Waals surface area contributed by atoms with Crippen molar-refractivity contribution in [2.75, 3.05) is 13.2 Å². The summed E-state index contributed by atoms with van der Waals surface area (Å²) in [6.45, 7) is 5.39. The largest absolute Gasteiger partial charge is 0.396 e. The fourth-order valence-electron chi connectivity index (χ4n) is 0.887. The second-order valence-electron chi connectivity index (χ2n) is 2.74. The molecular weight excluding hydrogens is 138 g/mol. The third kappa shape index (κ3) is 7.56. The minimum Gasteiger partial charge on any atom is -0.396 e. The van der Waals surface area contributed by atoms with E-state index in [1.807, 2.05) is 13.0 Å². The maximum absolute atomic E-state index is 8.54. The Morgan fingerprint density at radius 1 is 1.55 bits per heavy atom. The van der Waals surface area contributed by atoms with Crippen LogP contribution < -0.4 is 5.32 Å². The Kier molecular flexibility index (Phi) is 7.52. The summed E-state index contributed by atoms with van der Waals surface area (Å²) >= 11 is 0. The minimum absolute atomic E-state index is 0.301. The van der Waals surface area contributed by atoms with E-state index in [0.717, 1.165) is 19.4 Å². The highest BCUT2D eigenvalue weighted by atomic mass is 16.2. The molecule has 0 aliphatic heterocycles. The molecule has 0 radical (unpaired) electrons. The van der Waals surface area contributed by atoms with E-state index in [1.54, 1.807) is 0 Å². The number of aliphatic hydroxyl groups is 1. The molecule has 1 unspecified atom stereocenters. The monoisotopic (exact) mass is 157 g/mol. The minimum atomic E-state index is 0.301. The summed E-state index contributed by atoms with van der Waals surface area (Å²) in [5.41, 5.74) is 0. The molecule has 0 aliphatic carbocycles. The van der Waals surface area contributed by atoms with Crippen molar-refractivity contribution in [3.8, 4) is 0 Å². The Morgan fingerprint density at radius 2 is 2.27 bits per heavy atom. The fraction of sp³-hybridized carbons (Fsp3) is 0.778. The van der Waals surface area contributed by atoms with Gasteiger partial charge in [0.15, 0.2) is 0 Å². The molecule has 1 atom stereocenters. The lowest BCUT2D eigenvalue weighted by atomic mass is 10.2. The maximum Gasteiger partial charge on any atom is 0.0431 e. The number of hydrogen-bond donors (Lipinski definition) is 2. The second kappa shape index (κ2) is 7.76. The van der Waals surface area contributed by atoms with Gasteiger partial charge in [-0.1, -0.05) is 12.2 Å². The van der Waals surface area contributed by atoms with Crippen LogP contribution in [0.3, 0.4) is 0 Å². The average Bonchev–Trinajstić information content (AvgIpc) is 2.01. The summed E-state index contributed by atoms with van der Waals surface area (Å²) < 4.78 is 0. The first-order valence-corrected chi connectivity index (χ1v) is 4.26. The molecule has 0 saturated carbocycles. The smallest absolute Gasteiger partial charge is 0.0431 e. The Bertz CT molecular complexity index is 102. The maximum atomic E-state index is 8.54. The Morgan fingerprint density at radius 3 is 2.82 bits per heavy atom. The normalized spacial score (nSPS) is 14.1. The number of rotatable bonds is 6. The molecule has 0 aliphatic rings. The highest BCUT2D eigenvalue weighted by Crippen LogP contribution is 1.94. The lowest BCUT2D eigenvalue weighted by Crippen LogP contribution is -2.26. The van der Waals surface area contributed by atoms with Crippen molar-refractivity contribution in [1.82, 2.24) is 5.32 Å². The third-order valence-corrected chi connectivity index (χ3v) is 1.62. The predicted molar refractivity (Wildman–Crippen MR) is 48.6 cm³/mol. The molecule has 2 nitrogen and oxygen atoms in total.